The molecule has 0 radical (unpaired) electrons. The number of piperazine rings is 1. The van der Waals surface area contributed by atoms with E-state index in [2.05, 4.69) is 15.5 Å². The number of hydrogen-bond donors (Lipinski definition) is 2. The predicted octanol–water partition coefficient (Wildman–Crippen LogP) is 6.52. The summed E-state index contributed by atoms with van der Waals surface area (Å²) in [6, 6.07) is 26.6. The van der Waals surface area contributed by atoms with Crippen LogP contribution in [0.3, 0.4) is 0 Å². The Bertz CT molecular complexity index is 1470. The number of amides is 4. The van der Waals surface area contributed by atoms with Crippen LogP contribution in [0.15, 0.2) is 91.0 Å². The van der Waals surface area contributed by atoms with Crippen molar-refractivity contribution in [1.29, 1.82) is 0 Å². The van der Waals surface area contributed by atoms with Gasteiger partial charge in [-0.15, -0.1) is 0 Å². The predicted molar refractivity (Wildman–Crippen MR) is 158 cm³/mol. The summed E-state index contributed by atoms with van der Waals surface area (Å²) >= 11 is 6.08. The van der Waals surface area contributed by atoms with E-state index < -0.39 is 0 Å². The minimum absolute atomic E-state index is 0.116. The number of fused-ring (bicyclic) bond motifs is 1. The van der Waals surface area contributed by atoms with Crippen molar-refractivity contribution >= 4 is 45.8 Å². The normalized spacial score (nSPS) is 13.7. The third-order valence-electron chi connectivity index (χ3n) is 7.03. The number of nitrogens with zero attached hydrogens (tertiary/aromatic N) is 3. The Labute approximate surface area is 238 Å². The van der Waals surface area contributed by atoms with Gasteiger partial charge in [0.15, 0.2) is 0 Å². The molecule has 0 unspecified atom stereocenters. The quantitative estimate of drug-likeness (QED) is 0.271. The molecule has 1 heterocycles. The highest BCUT2D eigenvalue weighted by Gasteiger charge is 2.23. The Balaban J connectivity index is 1.17. The molecule has 0 aromatic heterocycles. The van der Waals surface area contributed by atoms with Gasteiger partial charge in [-0.3, -0.25) is 4.90 Å². The lowest BCUT2D eigenvalue weighted by atomic mass is 10.1. The number of carbonyl (C=O) groups excluding carboxylic acids is 2. The van der Waals surface area contributed by atoms with Crippen molar-refractivity contribution in [2.45, 2.75) is 6.54 Å². The first-order valence-corrected chi connectivity index (χ1v) is 13.6. The van der Waals surface area contributed by atoms with Crippen LogP contribution in [0.25, 0.3) is 10.8 Å². The van der Waals surface area contributed by atoms with Gasteiger partial charge in [0.05, 0.1) is 5.69 Å². The molecular weight excluding hydrogens is 529 g/mol. The van der Waals surface area contributed by atoms with Gasteiger partial charge < -0.3 is 20.4 Å². The fraction of sp³-hybridized carbons (Fsp3) is 0.226. The van der Waals surface area contributed by atoms with E-state index in [-0.39, 0.29) is 17.9 Å². The minimum atomic E-state index is -0.318. The molecule has 0 bridgehead atoms. The molecule has 5 rings (SSSR count). The maximum atomic E-state index is 13.4. The first-order valence-electron chi connectivity index (χ1n) is 13.3. The molecule has 4 amide bonds. The molecule has 206 valence electrons. The van der Waals surface area contributed by atoms with E-state index >= 15 is 0 Å². The SMILES string of the molecule is O=C(Nc1cccc(Cl)c1)N(CCN1CCN(C(=O)Nc2cccc3ccccc23)CC1)Cc1ccc(F)cc1. The summed E-state index contributed by atoms with van der Waals surface area (Å²) in [7, 11) is 0. The van der Waals surface area contributed by atoms with E-state index in [9.17, 15) is 14.0 Å². The number of anilines is 2. The van der Waals surface area contributed by atoms with E-state index in [4.69, 9.17) is 11.6 Å². The molecular formula is C31H31ClFN5O2. The van der Waals surface area contributed by atoms with Gasteiger partial charge in [0, 0.05) is 61.9 Å². The number of rotatable bonds is 7. The molecule has 0 saturated carbocycles. The number of nitrogens with one attached hydrogen (secondary N) is 2. The summed E-state index contributed by atoms with van der Waals surface area (Å²) in [5, 5.41) is 8.59. The lowest BCUT2D eigenvalue weighted by Gasteiger charge is -2.36. The summed E-state index contributed by atoms with van der Waals surface area (Å²) in [4.78, 5) is 32.0. The van der Waals surface area contributed by atoms with Crippen LogP contribution in [-0.2, 0) is 6.54 Å². The van der Waals surface area contributed by atoms with Crippen LogP contribution in [0.1, 0.15) is 5.56 Å². The van der Waals surface area contributed by atoms with E-state index in [1.807, 2.05) is 47.4 Å². The molecule has 4 aromatic carbocycles. The molecule has 1 aliphatic heterocycles. The highest BCUT2D eigenvalue weighted by molar-refractivity contribution is 6.30. The highest BCUT2D eigenvalue weighted by Crippen LogP contribution is 2.23. The van der Waals surface area contributed by atoms with E-state index in [1.54, 1.807) is 41.3 Å². The number of urea groups is 2. The van der Waals surface area contributed by atoms with Gasteiger partial charge in [0.1, 0.15) is 5.82 Å². The molecule has 9 heteroatoms. The lowest BCUT2D eigenvalue weighted by Crippen LogP contribution is -2.51. The Morgan fingerprint density at radius 1 is 0.850 bits per heavy atom. The second kappa shape index (κ2) is 12.8. The van der Waals surface area contributed by atoms with Gasteiger partial charge in [-0.2, -0.15) is 0 Å². The van der Waals surface area contributed by atoms with Crippen LogP contribution in [-0.4, -0.2) is 66.0 Å². The zero-order valence-corrected chi connectivity index (χ0v) is 22.8. The average Bonchev–Trinajstić information content (AvgIpc) is 2.96. The summed E-state index contributed by atoms with van der Waals surface area (Å²) in [6.07, 6.45) is 0. The summed E-state index contributed by atoms with van der Waals surface area (Å²) in [5.74, 6) is -0.318. The van der Waals surface area contributed by atoms with Crippen LogP contribution < -0.4 is 10.6 Å². The number of halogens is 2. The van der Waals surface area contributed by atoms with Crippen molar-refractivity contribution in [3.05, 3.63) is 107 Å². The average molecular weight is 560 g/mol. The molecule has 0 spiro atoms. The Hall–Kier alpha value is -4.14. The van der Waals surface area contributed by atoms with E-state index in [0.717, 1.165) is 22.0 Å². The second-order valence-electron chi connectivity index (χ2n) is 9.77. The molecule has 1 saturated heterocycles. The van der Waals surface area contributed by atoms with Gasteiger partial charge in [0.25, 0.3) is 0 Å². The number of carbonyl (C=O) groups is 2. The molecule has 1 fully saturated rings. The first-order chi connectivity index (χ1) is 19.4. The molecule has 40 heavy (non-hydrogen) atoms. The van der Waals surface area contributed by atoms with E-state index in [0.29, 0.717) is 56.5 Å². The first kappa shape index (κ1) is 27.4. The standard InChI is InChI=1S/C31H31ClFN5O2/c32-25-7-4-8-27(21-25)34-30(39)38(22-23-11-13-26(33)14-12-23)20-17-36-15-18-37(19-16-36)31(40)35-29-10-3-6-24-5-1-2-9-28(24)29/h1-14,21H,15-20,22H2,(H,34,39)(H,35,40). The van der Waals surface area contributed by atoms with Crippen molar-refractivity contribution in [3.8, 4) is 0 Å². The fourth-order valence-electron chi connectivity index (χ4n) is 4.80. The zero-order chi connectivity index (χ0) is 27.9. The van der Waals surface area contributed by atoms with Crippen molar-refractivity contribution < 1.29 is 14.0 Å². The van der Waals surface area contributed by atoms with Gasteiger partial charge in [-0.05, 0) is 47.3 Å². The summed E-state index contributed by atoms with van der Waals surface area (Å²) in [5.41, 5.74) is 2.23. The van der Waals surface area contributed by atoms with Crippen molar-refractivity contribution in [1.82, 2.24) is 14.7 Å². The van der Waals surface area contributed by atoms with Crippen molar-refractivity contribution in [2.75, 3.05) is 49.9 Å². The van der Waals surface area contributed by atoms with Gasteiger partial charge in [0.2, 0.25) is 0 Å². The number of benzene rings is 4. The van der Waals surface area contributed by atoms with Crippen molar-refractivity contribution in [3.63, 3.8) is 0 Å². The topological polar surface area (TPSA) is 67.9 Å². The molecule has 1 aliphatic rings. The van der Waals surface area contributed by atoms with Crippen LogP contribution in [0.4, 0.5) is 25.4 Å². The monoisotopic (exact) mass is 559 g/mol. The second-order valence-corrected chi connectivity index (χ2v) is 10.2. The zero-order valence-electron chi connectivity index (χ0n) is 22.0. The van der Waals surface area contributed by atoms with Crippen LogP contribution in [0.5, 0.6) is 0 Å². The highest BCUT2D eigenvalue weighted by atomic mass is 35.5. The minimum Gasteiger partial charge on any atom is -0.322 e. The van der Waals surface area contributed by atoms with Crippen LogP contribution >= 0.6 is 11.6 Å². The van der Waals surface area contributed by atoms with Gasteiger partial charge in [-0.25, -0.2) is 14.0 Å². The fourth-order valence-corrected chi connectivity index (χ4v) is 4.99. The Kier molecular flexibility index (Phi) is 8.78. The smallest absolute Gasteiger partial charge is 0.322 e. The molecule has 2 N–H and O–H groups in total. The van der Waals surface area contributed by atoms with Gasteiger partial charge >= 0.3 is 12.1 Å². The summed E-state index contributed by atoms with van der Waals surface area (Å²) in [6.45, 7) is 4.01. The maximum Gasteiger partial charge on any atom is 0.322 e. The third kappa shape index (κ3) is 7.08. The lowest BCUT2D eigenvalue weighted by molar-refractivity contribution is 0.136. The maximum absolute atomic E-state index is 13.4. The molecule has 0 atom stereocenters. The van der Waals surface area contributed by atoms with Gasteiger partial charge in [-0.1, -0.05) is 66.2 Å². The van der Waals surface area contributed by atoms with E-state index in [1.165, 1.54) is 12.1 Å². The third-order valence-corrected chi connectivity index (χ3v) is 7.26. The number of hydrogen-bond acceptors (Lipinski definition) is 3. The molecule has 0 aliphatic carbocycles. The Morgan fingerprint density at radius 3 is 2.35 bits per heavy atom. The summed E-state index contributed by atoms with van der Waals surface area (Å²) < 4.78 is 13.4. The van der Waals surface area contributed by atoms with Crippen LogP contribution in [0, 0.1) is 5.82 Å². The van der Waals surface area contributed by atoms with Crippen LogP contribution in [0.2, 0.25) is 5.02 Å². The Morgan fingerprint density at radius 2 is 1.57 bits per heavy atom. The molecule has 4 aromatic rings. The van der Waals surface area contributed by atoms with Crippen molar-refractivity contribution in [2.24, 2.45) is 0 Å². The molecule has 7 nitrogen and oxygen atoms in total. The largest absolute Gasteiger partial charge is 0.322 e.